The highest BCUT2D eigenvalue weighted by Gasteiger charge is 2.21. The van der Waals surface area contributed by atoms with Crippen LogP contribution in [0.15, 0.2) is 18.2 Å². The fraction of sp³-hybridized carbons (Fsp3) is 0.625. The summed E-state index contributed by atoms with van der Waals surface area (Å²) in [6.45, 7) is 8.45. The molecule has 0 atom stereocenters. The summed E-state index contributed by atoms with van der Waals surface area (Å²) in [7, 11) is -2.80. The molecule has 0 bridgehead atoms. The molecule has 2 aliphatic rings. The summed E-state index contributed by atoms with van der Waals surface area (Å²) in [4.78, 5) is 4.67. The first kappa shape index (κ1) is 15.8. The third-order valence-electron chi connectivity index (χ3n) is 4.45. The lowest BCUT2D eigenvalue weighted by molar-refractivity contribution is 0.287. The first-order valence-corrected chi connectivity index (χ1v) is 9.83. The van der Waals surface area contributed by atoms with Gasteiger partial charge < -0.3 is 10.2 Å². The molecular formula is C16H25N3O2S. The van der Waals surface area contributed by atoms with Gasteiger partial charge in [-0.3, -0.25) is 4.90 Å². The van der Waals surface area contributed by atoms with Gasteiger partial charge in [-0.25, -0.2) is 8.42 Å². The van der Waals surface area contributed by atoms with Crippen molar-refractivity contribution >= 4 is 15.5 Å². The molecule has 3 rings (SSSR count). The van der Waals surface area contributed by atoms with Gasteiger partial charge in [0.15, 0.2) is 9.84 Å². The van der Waals surface area contributed by atoms with E-state index in [0.717, 1.165) is 32.7 Å². The zero-order chi connectivity index (χ0) is 15.6. The van der Waals surface area contributed by atoms with E-state index in [0.29, 0.717) is 24.6 Å². The normalized spacial score (nSPS) is 22.7. The molecule has 0 saturated carbocycles. The lowest BCUT2D eigenvalue weighted by Crippen LogP contribution is -2.43. The monoisotopic (exact) mass is 323 g/mol. The van der Waals surface area contributed by atoms with E-state index in [9.17, 15) is 8.42 Å². The van der Waals surface area contributed by atoms with Crippen LogP contribution in [0.3, 0.4) is 0 Å². The Balaban J connectivity index is 1.69. The van der Waals surface area contributed by atoms with Crippen LogP contribution in [0.2, 0.25) is 0 Å². The number of nitrogens with zero attached hydrogens (tertiary/aromatic N) is 2. The molecular weight excluding hydrogens is 298 g/mol. The minimum Gasteiger partial charge on any atom is -0.369 e. The van der Waals surface area contributed by atoms with Crippen LogP contribution in [0.1, 0.15) is 11.1 Å². The van der Waals surface area contributed by atoms with Gasteiger partial charge in [0.25, 0.3) is 0 Å². The molecule has 6 heteroatoms. The van der Waals surface area contributed by atoms with Crippen molar-refractivity contribution in [2.45, 2.75) is 13.5 Å². The number of rotatable bonds is 3. The molecule has 2 fully saturated rings. The quantitative estimate of drug-likeness (QED) is 0.884. The second-order valence-corrected chi connectivity index (χ2v) is 8.65. The molecule has 0 amide bonds. The van der Waals surface area contributed by atoms with Gasteiger partial charge in [-0.05, 0) is 30.2 Å². The number of hydrogen-bond acceptors (Lipinski definition) is 5. The van der Waals surface area contributed by atoms with Crippen molar-refractivity contribution in [3.63, 3.8) is 0 Å². The number of sulfone groups is 1. The Kier molecular flexibility index (Phi) is 4.70. The second-order valence-electron chi connectivity index (χ2n) is 6.34. The molecule has 0 unspecified atom stereocenters. The second kappa shape index (κ2) is 6.56. The summed E-state index contributed by atoms with van der Waals surface area (Å²) in [5.74, 6) is 0.590. The van der Waals surface area contributed by atoms with E-state index in [1.54, 1.807) is 0 Å². The Labute approximate surface area is 133 Å². The molecule has 5 nitrogen and oxygen atoms in total. The molecule has 2 aliphatic heterocycles. The number of benzene rings is 1. The Morgan fingerprint density at radius 3 is 2.41 bits per heavy atom. The number of piperazine rings is 1. The zero-order valence-corrected chi connectivity index (χ0v) is 14.0. The molecule has 2 heterocycles. The Bertz CT molecular complexity index is 610. The van der Waals surface area contributed by atoms with Gasteiger partial charge in [0.2, 0.25) is 0 Å². The van der Waals surface area contributed by atoms with E-state index in [1.165, 1.54) is 16.8 Å². The number of aryl methyl sites for hydroxylation is 1. The number of hydrogen-bond donors (Lipinski definition) is 1. The summed E-state index contributed by atoms with van der Waals surface area (Å²) in [5, 5.41) is 3.38. The predicted octanol–water partition coefficient (Wildman–Crippen LogP) is 0.635. The van der Waals surface area contributed by atoms with Crippen LogP contribution >= 0.6 is 0 Å². The first-order chi connectivity index (χ1) is 10.5. The topological polar surface area (TPSA) is 52.7 Å². The van der Waals surface area contributed by atoms with Crippen molar-refractivity contribution in [1.29, 1.82) is 0 Å². The highest BCUT2D eigenvalue weighted by Crippen LogP contribution is 2.21. The molecule has 1 aromatic rings. The van der Waals surface area contributed by atoms with Gasteiger partial charge in [0.05, 0.1) is 11.5 Å². The molecule has 0 spiro atoms. The zero-order valence-electron chi connectivity index (χ0n) is 13.2. The fourth-order valence-corrected chi connectivity index (χ4v) is 4.48. The van der Waals surface area contributed by atoms with Gasteiger partial charge in [-0.1, -0.05) is 6.07 Å². The summed E-state index contributed by atoms with van der Waals surface area (Å²) in [5.41, 5.74) is 3.85. The third-order valence-corrected chi connectivity index (χ3v) is 6.06. The number of anilines is 1. The highest BCUT2D eigenvalue weighted by atomic mass is 32.2. The van der Waals surface area contributed by atoms with E-state index in [4.69, 9.17) is 0 Å². The Hall–Kier alpha value is -1.11. The average Bonchev–Trinajstić information content (AvgIpc) is 2.50. The highest BCUT2D eigenvalue weighted by molar-refractivity contribution is 7.91. The predicted molar refractivity (Wildman–Crippen MR) is 90.2 cm³/mol. The van der Waals surface area contributed by atoms with E-state index < -0.39 is 9.84 Å². The van der Waals surface area contributed by atoms with Crippen LogP contribution in [0.4, 0.5) is 5.69 Å². The van der Waals surface area contributed by atoms with Crippen molar-refractivity contribution < 1.29 is 8.42 Å². The molecule has 122 valence electrons. The van der Waals surface area contributed by atoms with Crippen molar-refractivity contribution in [3.05, 3.63) is 29.3 Å². The van der Waals surface area contributed by atoms with Crippen LogP contribution in [-0.4, -0.2) is 64.1 Å². The van der Waals surface area contributed by atoms with Gasteiger partial charge >= 0.3 is 0 Å². The lowest BCUT2D eigenvalue weighted by atomic mass is 10.1. The molecule has 22 heavy (non-hydrogen) atoms. The molecule has 1 N–H and O–H groups in total. The van der Waals surface area contributed by atoms with Crippen LogP contribution in [-0.2, 0) is 16.4 Å². The number of nitrogens with one attached hydrogen (secondary N) is 1. The van der Waals surface area contributed by atoms with Crippen molar-refractivity contribution in [1.82, 2.24) is 10.2 Å². The lowest BCUT2D eigenvalue weighted by Gasteiger charge is -2.31. The standard InChI is InChI=1S/C16H25N3O2S/c1-14-10-15(13-18-6-8-22(20,21)9-7-18)12-16(11-14)19-4-2-17-3-5-19/h10-12,17H,2-9,13H2,1H3. The third kappa shape index (κ3) is 4.00. The summed E-state index contributed by atoms with van der Waals surface area (Å²) in [6.07, 6.45) is 0. The summed E-state index contributed by atoms with van der Waals surface area (Å²) < 4.78 is 23.0. The van der Waals surface area contributed by atoms with Gasteiger partial charge in [0, 0.05) is 51.5 Å². The van der Waals surface area contributed by atoms with E-state index >= 15 is 0 Å². The SMILES string of the molecule is Cc1cc(CN2CCS(=O)(=O)CC2)cc(N2CCNCC2)c1. The Morgan fingerprint density at radius 1 is 1.05 bits per heavy atom. The van der Waals surface area contributed by atoms with Crippen LogP contribution < -0.4 is 10.2 Å². The molecule has 2 saturated heterocycles. The minimum atomic E-state index is -2.80. The summed E-state index contributed by atoms with van der Waals surface area (Å²) in [6, 6.07) is 6.73. The molecule has 0 aromatic heterocycles. The van der Waals surface area contributed by atoms with E-state index in [1.807, 2.05) is 0 Å². The molecule has 0 radical (unpaired) electrons. The largest absolute Gasteiger partial charge is 0.369 e. The van der Waals surface area contributed by atoms with Crippen LogP contribution in [0.5, 0.6) is 0 Å². The minimum absolute atomic E-state index is 0.295. The maximum Gasteiger partial charge on any atom is 0.152 e. The molecule has 1 aromatic carbocycles. The van der Waals surface area contributed by atoms with E-state index in [2.05, 4.69) is 40.2 Å². The molecule has 0 aliphatic carbocycles. The maximum absolute atomic E-state index is 11.5. The van der Waals surface area contributed by atoms with Crippen molar-refractivity contribution in [2.75, 3.05) is 55.7 Å². The van der Waals surface area contributed by atoms with Crippen molar-refractivity contribution in [3.8, 4) is 0 Å². The van der Waals surface area contributed by atoms with E-state index in [-0.39, 0.29) is 0 Å². The maximum atomic E-state index is 11.5. The summed E-state index contributed by atoms with van der Waals surface area (Å²) >= 11 is 0. The van der Waals surface area contributed by atoms with Gasteiger partial charge in [-0.2, -0.15) is 0 Å². The smallest absolute Gasteiger partial charge is 0.152 e. The first-order valence-electron chi connectivity index (χ1n) is 8.01. The van der Waals surface area contributed by atoms with Crippen LogP contribution in [0, 0.1) is 6.92 Å². The average molecular weight is 323 g/mol. The Morgan fingerprint density at radius 2 is 1.73 bits per heavy atom. The van der Waals surface area contributed by atoms with Crippen LogP contribution in [0.25, 0.3) is 0 Å². The van der Waals surface area contributed by atoms with Gasteiger partial charge in [-0.15, -0.1) is 0 Å². The van der Waals surface area contributed by atoms with Gasteiger partial charge in [0.1, 0.15) is 0 Å². The fourth-order valence-electron chi connectivity index (χ4n) is 3.20. The van der Waals surface area contributed by atoms with Crippen molar-refractivity contribution in [2.24, 2.45) is 0 Å².